The Bertz CT molecular complexity index is 928. The molecule has 7 heteroatoms. The maximum absolute atomic E-state index is 13.5. The molecule has 2 aromatic carbocycles. The number of rotatable bonds is 3. The summed E-state index contributed by atoms with van der Waals surface area (Å²) in [5.74, 6) is -6.75. The maximum atomic E-state index is 13.5. The molecule has 0 saturated carbocycles. The van der Waals surface area contributed by atoms with Crippen LogP contribution in [0.3, 0.4) is 0 Å². The smallest absolute Gasteiger partial charge is 0.254 e. The van der Waals surface area contributed by atoms with Crippen LogP contribution >= 0.6 is 0 Å². The fourth-order valence-corrected chi connectivity index (χ4v) is 2.20. The van der Waals surface area contributed by atoms with Crippen molar-refractivity contribution in [1.82, 2.24) is 4.98 Å². The zero-order valence-electron chi connectivity index (χ0n) is 12.4. The van der Waals surface area contributed by atoms with Crippen LogP contribution in [0.25, 0.3) is 10.8 Å². The van der Waals surface area contributed by atoms with E-state index in [1.54, 1.807) is 13.0 Å². The SMILES string of the molecule is C/C(=N\Nc1c(F)c(F)nc(F)c1F)c1ccc2ccccc2c1. The van der Waals surface area contributed by atoms with Crippen molar-refractivity contribution in [2.75, 3.05) is 5.43 Å². The molecule has 3 aromatic rings. The second-order valence-electron chi connectivity index (χ2n) is 5.07. The molecule has 0 atom stereocenters. The molecule has 0 radical (unpaired) electrons. The molecule has 3 nitrogen and oxygen atoms in total. The van der Waals surface area contributed by atoms with E-state index < -0.39 is 29.2 Å². The predicted molar refractivity (Wildman–Crippen MR) is 83.9 cm³/mol. The van der Waals surface area contributed by atoms with Crippen molar-refractivity contribution in [2.45, 2.75) is 6.92 Å². The number of nitrogens with one attached hydrogen (secondary N) is 1. The monoisotopic (exact) mass is 333 g/mol. The summed E-state index contributed by atoms with van der Waals surface area (Å²) in [7, 11) is 0. The van der Waals surface area contributed by atoms with Gasteiger partial charge in [-0.1, -0.05) is 36.4 Å². The van der Waals surface area contributed by atoms with Gasteiger partial charge in [0.15, 0.2) is 0 Å². The summed E-state index contributed by atoms with van der Waals surface area (Å²) in [6, 6.07) is 13.1. The number of pyridine rings is 1. The first-order valence-corrected chi connectivity index (χ1v) is 6.97. The van der Waals surface area contributed by atoms with Crippen LogP contribution in [-0.4, -0.2) is 10.7 Å². The Balaban J connectivity index is 1.94. The standard InChI is InChI=1S/C17H11F4N3/c1-9(11-7-6-10-4-2-3-5-12(10)8-11)23-24-15-13(18)16(20)22-17(21)14(15)19/h2-8H,1H3,(H,22,24)/b23-9+. The highest BCUT2D eigenvalue weighted by Gasteiger charge is 2.20. The highest BCUT2D eigenvalue weighted by atomic mass is 19.2. The van der Waals surface area contributed by atoms with Gasteiger partial charge in [0.1, 0.15) is 5.69 Å². The van der Waals surface area contributed by atoms with E-state index in [1.165, 1.54) is 0 Å². The lowest BCUT2D eigenvalue weighted by atomic mass is 10.0. The van der Waals surface area contributed by atoms with Crippen LogP contribution in [0.4, 0.5) is 23.2 Å². The molecule has 0 aliphatic carbocycles. The molecule has 1 aromatic heterocycles. The number of fused-ring (bicyclic) bond motifs is 1. The van der Waals surface area contributed by atoms with Crippen molar-refractivity contribution in [1.29, 1.82) is 0 Å². The van der Waals surface area contributed by atoms with E-state index in [1.807, 2.05) is 41.8 Å². The molecule has 0 unspecified atom stereocenters. The lowest BCUT2D eigenvalue weighted by Gasteiger charge is -2.07. The number of hydrogen-bond acceptors (Lipinski definition) is 3. The van der Waals surface area contributed by atoms with Gasteiger partial charge in [0, 0.05) is 0 Å². The third-order valence-electron chi connectivity index (χ3n) is 3.50. The Kier molecular flexibility index (Phi) is 4.16. The molecule has 0 saturated heterocycles. The van der Waals surface area contributed by atoms with Gasteiger partial charge in [-0.2, -0.15) is 27.6 Å². The molecule has 122 valence electrons. The molecule has 0 spiro atoms. The van der Waals surface area contributed by atoms with Crippen molar-refractivity contribution in [3.05, 3.63) is 71.6 Å². The average molecular weight is 333 g/mol. The minimum atomic E-state index is -1.74. The number of halogens is 4. The summed E-state index contributed by atoms with van der Waals surface area (Å²) in [4.78, 5) is 2.48. The van der Waals surface area contributed by atoms with Crippen molar-refractivity contribution < 1.29 is 17.6 Å². The topological polar surface area (TPSA) is 37.3 Å². The van der Waals surface area contributed by atoms with E-state index in [9.17, 15) is 17.6 Å². The molecule has 24 heavy (non-hydrogen) atoms. The van der Waals surface area contributed by atoms with Crippen molar-refractivity contribution >= 4 is 22.2 Å². The summed E-state index contributed by atoms with van der Waals surface area (Å²) in [6.07, 6.45) is 0. The van der Waals surface area contributed by atoms with E-state index in [-0.39, 0.29) is 0 Å². The van der Waals surface area contributed by atoms with Crippen LogP contribution < -0.4 is 5.43 Å². The number of hydrogen-bond donors (Lipinski definition) is 1. The molecule has 0 aliphatic rings. The van der Waals surface area contributed by atoms with Gasteiger partial charge in [-0.3, -0.25) is 5.43 Å². The molecule has 3 rings (SSSR count). The Morgan fingerprint density at radius 1 is 0.917 bits per heavy atom. The average Bonchev–Trinajstić information content (AvgIpc) is 2.59. The number of aromatic nitrogens is 1. The maximum Gasteiger partial charge on any atom is 0.254 e. The van der Waals surface area contributed by atoms with Gasteiger partial charge < -0.3 is 0 Å². The van der Waals surface area contributed by atoms with E-state index in [0.29, 0.717) is 11.3 Å². The highest BCUT2D eigenvalue weighted by Crippen LogP contribution is 2.22. The largest absolute Gasteiger partial charge is 0.272 e. The van der Waals surface area contributed by atoms with Gasteiger partial charge in [-0.25, -0.2) is 0 Å². The van der Waals surface area contributed by atoms with Crippen LogP contribution in [0.15, 0.2) is 47.6 Å². The second kappa shape index (κ2) is 6.27. The van der Waals surface area contributed by atoms with E-state index >= 15 is 0 Å². The van der Waals surface area contributed by atoms with Gasteiger partial charge >= 0.3 is 0 Å². The summed E-state index contributed by atoms with van der Waals surface area (Å²) in [5, 5.41) is 5.79. The number of hydrazone groups is 1. The van der Waals surface area contributed by atoms with Crippen LogP contribution in [0.2, 0.25) is 0 Å². The first-order valence-electron chi connectivity index (χ1n) is 6.97. The first kappa shape index (κ1) is 15.9. The number of anilines is 1. The quantitative estimate of drug-likeness (QED) is 0.328. The van der Waals surface area contributed by atoms with Crippen molar-refractivity contribution in [3.63, 3.8) is 0 Å². The minimum absolute atomic E-state index is 0.386. The molecular formula is C17H11F4N3. The molecule has 0 amide bonds. The highest BCUT2D eigenvalue weighted by molar-refractivity contribution is 6.02. The molecule has 1 heterocycles. The first-order chi connectivity index (χ1) is 11.5. The van der Waals surface area contributed by atoms with Gasteiger partial charge in [0.25, 0.3) is 11.9 Å². The van der Waals surface area contributed by atoms with Crippen LogP contribution in [0, 0.1) is 23.5 Å². The Morgan fingerprint density at radius 3 is 2.21 bits per heavy atom. The van der Waals surface area contributed by atoms with Crippen LogP contribution in [0.1, 0.15) is 12.5 Å². The zero-order valence-corrected chi connectivity index (χ0v) is 12.4. The summed E-state index contributed by atoms with van der Waals surface area (Å²) in [5.41, 5.74) is 2.08. The summed E-state index contributed by atoms with van der Waals surface area (Å²) < 4.78 is 53.2. The third-order valence-corrected chi connectivity index (χ3v) is 3.50. The predicted octanol–water partition coefficient (Wildman–Crippen LogP) is 4.63. The molecular weight excluding hydrogens is 322 g/mol. The van der Waals surface area contributed by atoms with Crippen LogP contribution in [0.5, 0.6) is 0 Å². The Morgan fingerprint density at radius 2 is 1.54 bits per heavy atom. The Labute approximate surface area is 134 Å². The van der Waals surface area contributed by atoms with Gasteiger partial charge in [-0.15, -0.1) is 0 Å². The lowest BCUT2D eigenvalue weighted by Crippen LogP contribution is -2.07. The molecule has 0 fully saturated rings. The molecule has 1 N–H and O–H groups in total. The normalized spacial score (nSPS) is 11.8. The van der Waals surface area contributed by atoms with Gasteiger partial charge in [0.2, 0.25) is 11.6 Å². The van der Waals surface area contributed by atoms with Crippen molar-refractivity contribution in [3.8, 4) is 0 Å². The third kappa shape index (κ3) is 2.92. The second-order valence-corrected chi connectivity index (χ2v) is 5.07. The Hall–Kier alpha value is -2.96. The van der Waals surface area contributed by atoms with E-state index in [0.717, 1.165) is 10.8 Å². The lowest BCUT2D eigenvalue weighted by molar-refractivity contribution is 0.411. The van der Waals surface area contributed by atoms with Crippen LogP contribution in [-0.2, 0) is 0 Å². The van der Waals surface area contributed by atoms with Gasteiger partial charge in [-0.05, 0) is 29.3 Å². The molecule has 0 bridgehead atoms. The van der Waals surface area contributed by atoms with E-state index in [4.69, 9.17) is 0 Å². The zero-order chi connectivity index (χ0) is 17.3. The minimum Gasteiger partial charge on any atom is -0.272 e. The fraction of sp³-hybridized carbons (Fsp3) is 0.0588. The van der Waals surface area contributed by atoms with Crippen molar-refractivity contribution in [2.24, 2.45) is 5.10 Å². The summed E-state index contributed by atoms with van der Waals surface area (Å²) >= 11 is 0. The summed E-state index contributed by atoms with van der Waals surface area (Å²) in [6.45, 7) is 1.60. The number of nitrogens with zero attached hydrogens (tertiary/aromatic N) is 2. The number of benzene rings is 2. The molecule has 0 aliphatic heterocycles. The van der Waals surface area contributed by atoms with E-state index in [2.05, 4.69) is 10.1 Å². The fourth-order valence-electron chi connectivity index (χ4n) is 2.20. The van der Waals surface area contributed by atoms with Gasteiger partial charge in [0.05, 0.1) is 5.71 Å².